The SMILES string of the molecule is Cc1ccc(N)c(N2CCC(C(C)(C)C)C2)c1. The van der Waals surface area contributed by atoms with Crippen molar-refractivity contribution in [3.63, 3.8) is 0 Å². The molecule has 1 heterocycles. The zero-order chi connectivity index (χ0) is 12.6. The second-order valence-corrected chi connectivity index (χ2v) is 6.36. The number of hydrogen-bond donors (Lipinski definition) is 1. The monoisotopic (exact) mass is 232 g/mol. The fourth-order valence-electron chi connectivity index (χ4n) is 2.61. The summed E-state index contributed by atoms with van der Waals surface area (Å²) in [6.45, 7) is 11.4. The highest BCUT2D eigenvalue weighted by molar-refractivity contribution is 5.68. The predicted octanol–water partition coefficient (Wildman–Crippen LogP) is 3.45. The third kappa shape index (κ3) is 2.56. The Labute approximate surface area is 105 Å². The lowest BCUT2D eigenvalue weighted by molar-refractivity contribution is 0.263. The van der Waals surface area contributed by atoms with Crippen LogP contribution in [0.1, 0.15) is 32.8 Å². The first-order valence-electron chi connectivity index (χ1n) is 6.49. The zero-order valence-corrected chi connectivity index (χ0v) is 11.5. The van der Waals surface area contributed by atoms with Gasteiger partial charge < -0.3 is 10.6 Å². The Morgan fingerprint density at radius 2 is 2.00 bits per heavy atom. The molecule has 0 bridgehead atoms. The van der Waals surface area contributed by atoms with Gasteiger partial charge in [0.25, 0.3) is 0 Å². The van der Waals surface area contributed by atoms with Crippen molar-refractivity contribution in [2.75, 3.05) is 23.7 Å². The lowest BCUT2D eigenvalue weighted by Crippen LogP contribution is -2.26. The van der Waals surface area contributed by atoms with Gasteiger partial charge in [0.15, 0.2) is 0 Å². The Bertz CT molecular complexity index is 404. The zero-order valence-electron chi connectivity index (χ0n) is 11.5. The van der Waals surface area contributed by atoms with Gasteiger partial charge in [-0.2, -0.15) is 0 Å². The van der Waals surface area contributed by atoms with Gasteiger partial charge in [-0.1, -0.05) is 26.8 Å². The Kier molecular flexibility index (Phi) is 3.07. The summed E-state index contributed by atoms with van der Waals surface area (Å²) in [6, 6.07) is 6.31. The summed E-state index contributed by atoms with van der Waals surface area (Å²) in [5, 5.41) is 0. The van der Waals surface area contributed by atoms with Crippen LogP contribution in [0.4, 0.5) is 11.4 Å². The van der Waals surface area contributed by atoms with E-state index in [0.717, 1.165) is 24.7 Å². The standard InChI is InChI=1S/C15H24N2/c1-11-5-6-13(16)14(9-11)17-8-7-12(10-17)15(2,3)4/h5-6,9,12H,7-8,10,16H2,1-4H3. The second kappa shape index (κ2) is 4.25. The third-order valence-corrected chi connectivity index (χ3v) is 3.94. The summed E-state index contributed by atoms with van der Waals surface area (Å²) in [6.07, 6.45) is 1.27. The highest BCUT2D eigenvalue weighted by atomic mass is 15.2. The molecule has 2 heteroatoms. The van der Waals surface area contributed by atoms with E-state index in [1.165, 1.54) is 17.7 Å². The molecule has 0 aliphatic carbocycles. The molecule has 94 valence electrons. The van der Waals surface area contributed by atoms with E-state index in [-0.39, 0.29) is 0 Å². The fraction of sp³-hybridized carbons (Fsp3) is 0.600. The number of benzene rings is 1. The van der Waals surface area contributed by atoms with Crippen molar-refractivity contribution in [2.24, 2.45) is 11.3 Å². The fourth-order valence-corrected chi connectivity index (χ4v) is 2.61. The minimum absolute atomic E-state index is 0.396. The molecule has 1 unspecified atom stereocenters. The number of nitrogens with zero attached hydrogens (tertiary/aromatic N) is 1. The lowest BCUT2D eigenvalue weighted by Gasteiger charge is -2.28. The van der Waals surface area contributed by atoms with Crippen molar-refractivity contribution in [2.45, 2.75) is 34.1 Å². The minimum Gasteiger partial charge on any atom is -0.397 e. The van der Waals surface area contributed by atoms with Crippen LogP contribution >= 0.6 is 0 Å². The molecule has 2 nitrogen and oxygen atoms in total. The van der Waals surface area contributed by atoms with Crippen LogP contribution in [0.15, 0.2) is 18.2 Å². The Balaban J connectivity index is 2.18. The third-order valence-electron chi connectivity index (χ3n) is 3.94. The Morgan fingerprint density at radius 3 is 2.59 bits per heavy atom. The van der Waals surface area contributed by atoms with Gasteiger partial charge in [-0.25, -0.2) is 0 Å². The molecule has 1 aliphatic heterocycles. The van der Waals surface area contributed by atoms with Crippen LogP contribution in [0, 0.1) is 18.3 Å². The minimum atomic E-state index is 0.396. The van der Waals surface area contributed by atoms with E-state index in [9.17, 15) is 0 Å². The van der Waals surface area contributed by atoms with Crippen LogP contribution in [0.5, 0.6) is 0 Å². The summed E-state index contributed by atoms with van der Waals surface area (Å²) in [5.41, 5.74) is 9.89. The van der Waals surface area contributed by atoms with E-state index >= 15 is 0 Å². The average molecular weight is 232 g/mol. The molecule has 2 rings (SSSR count). The van der Waals surface area contributed by atoms with Gasteiger partial charge in [-0.3, -0.25) is 0 Å². The van der Waals surface area contributed by atoms with Crippen LogP contribution in [-0.2, 0) is 0 Å². The molecule has 1 saturated heterocycles. The van der Waals surface area contributed by atoms with Crippen molar-refractivity contribution < 1.29 is 0 Å². The first-order chi connectivity index (χ1) is 7.88. The Hall–Kier alpha value is -1.18. The summed E-state index contributed by atoms with van der Waals surface area (Å²) in [7, 11) is 0. The molecule has 1 atom stereocenters. The maximum Gasteiger partial charge on any atom is 0.0602 e. The predicted molar refractivity (Wildman–Crippen MR) is 75.4 cm³/mol. The number of aryl methyl sites for hydroxylation is 1. The van der Waals surface area contributed by atoms with E-state index in [0.29, 0.717) is 5.41 Å². The smallest absolute Gasteiger partial charge is 0.0602 e. The van der Waals surface area contributed by atoms with Gasteiger partial charge >= 0.3 is 0 Å². The van der Waals surface area contributed by atoms with Gasteiger partial charge in [0, 0.05) is 13.1 Å². The van der Waals surface area contributed by atoms with Crippen molar-refractivity contribution in [1.29, 1.82) is 0 Å². The highest BCUT2D eigenvalue weighted by Crippen LogP contribution is 2.37. The van der Waals surface area contributed by atoms with Gasteiger partial charge in [0.05, 0.1) is 11.4 Å². The molecule has 1 aromatic rings. The number of nitrogen functional groups attached to an aromatic ring is 1. The van der Waals surface area contributed by atoms with Gasteiger partial charge in [-0.05, 0) is 42.4 Å². The second-order valence-electron chi connectivity index (χ2n) is 6.36. The number of anilines is 2. The van der Waals surface area contributed by atoms with Crippen molar-refractivity contribution in [3.8, 4) is 0 Å². The maximum absolute atomic E-state index is 6.08. The molecular weight excluding hydrogens is 208 g/mol. The molecule has 0 saturated carbocycles. The molecule has 17 heavy (non-hydrogen) atoms. The molecule has 1 aromatic carbocycles. The molecule has 1 aliphatic rings. The number of rotatable bonds is 1. The summed E-state index contributed by atoms with van der Waals surface area (Å²) < 4.78 is 0. The van der Waals surface area contributed by atoms with Crippen molar-refractivity contribution in [1.82, 2.24) is 0 Å². The number of hydrogen-bond acceptors (Lipinski definition) is 2. The number of nitrogens with two attached hydrogens (primary N) is 1. The summed E-state index contributed by atoms with van der Waals surface area (Å²) in [4.78, 5) is 2.44. The van der Waals surface area contributed by atoms with Crippen LogP contribution in [0.3, 0.4) is 0 Å². The van der Waals surface area contributed by atoms with Crippen LogP contribution < -0.4 is 10.6 Å². The van der Waals surface area contributed by atoms with E-state index in [1.54, 1.807) is 0 Å². The van der Waals surface area contributed by atoms with Crippen molar-refractivity contribution >= 4 is 11.4 Å². The maximum atomic E-state index is 6.08. The van der Waals surface area contributed by atoms with E-state index in [1.807, 2.05) is 6.07 Å². The molecule has 0 aromatic heterocycles. The average Bonchev–Trinajstić information content (AvgIpc) is 2.70. The lowest BCUT2D eigenvalue weighted by atomic mass is 9.80. The largest absolute Gasteiger partial charge is 0.397 e. The van der Waals surface area contributed by atoms with E-state index in [2.05, 4.69) is 44.7 Å². The molecule has 0 radical (unpaired) electrons. The first kappa shape index (κ1) is 12.3. The van der Waals surface area contributed by atoms with E-state index in [4.69, 9.17) is 5.73 Å². The van der Waals surface area contributed by atoms with Crippen LogP contribution in [0.2, 0.25) is 0 Å². The summed E-state index contributed by atoms with van der Waals surface area (Å²) in [5.74, 6) is 0.766. The van der Waals surface area contributed by atoms with Crippen LogP contribution in [0.25, 0.3) is 0 Å². The van der Waals surface area contributed by atoms with Crippen molar-refractivity contribution in [3.05, 3.63) is 23.8 Å². The molecular formula is C15H24N2. The Morgan fingerprint density at radius 1 is 1.29 bits per heavy atom. The van der Waals surface area contributed by atoms with Crippen LogP contribution in [-0.4, -0.2) is 13.1 Å². The molecule has 0 amide bonds. The van der Waals surface area contributed by atoms with Gasteiger partial charge in [0.1, 0.15) is 0 Å². The molecule has 0 spiro atoms. The first-order valence-corrected chi connectivity index (χ1v) is 6.49. The van der Waals surface area contributed by atoms with Gasteiger partial charge in [0.2, 0.25) is 0 Å². The van der Waals surface area contributed by atoms with Gasteiger partial charge in [-0.15, -0.1) is 0 Å². The topological polar surface area (TPSA) is 29.3 Å². The van der Waals surface area contributed by atoms with E-state index < -0.39 is 0 Å². The molecule has 1 fully saturated rings. The normalized spacial score (nSPS) is 20.9. The molecule has 2 N–H and O–H groups in total. The summed E-state index contributed by atoms with van der Waals surface area (Å²) >= 11 is 0. The highest BCUT2D eigenvalue weighted by Gasteiger charge is 2.32. The quantitative estimate of drug-likeness (QED) is 0.751.